The fourth-order valence-corrected chi connectivity index (χ4v) is 2.53. The van der Waals surface area contributed by atoms with Gasteiger partial charge in [-0.15, -0.1) is 0 Å². The van der Waals surface area contributed by atoms with Gasteiger partial charge in [0.25, 0.3) is 0 Å². The lowest BCUT2D eigenvalue weighted by atomic mass is 9.99. The summed E-state index contributed by atoms with van der Waals surface area (Å²) < 4.78 is 15.0. The molecule has 3 rings (SSSR count). The molecule has 0 amide bonds. The van der Waals surface area contributed by atoms with E-state index in [2.05, 4.69) is 4.74 Å². The van der Waals surface area contributed by atoms with Gasteiger partial charge >= 0.3 is 11.9 Å². The van der Waals surface area contributed by atoms with E-state index in [4.69, 9.17) is 9.47 Å². The molecule has 0 radical (unpaired) electrons. The van der Waals surface area contributed by atoms with Gasteiger partial charge in [0, 0.05) is 5.92 Å². The lowest BCUT2D eigenvalue weighted by Gasteiger charge is -2.10. The van der Waals surface area contributed by atoms with Gasteiger partial charge in [-0.3, -0.25) is 9.59 Å². The number of rotatable bonds is 3. The lowest BCUT2D eigenvalue weighted by Crippen LogP contribution is -2.28. The van der Waals surface area contributed by atoms with Crippen LogP contribution in [0.5, 0.6) is 11.5 Å². The number of methoxy groups -OCH3 is 1. The first-order chi connectivity index (χ1) is 9.09. The normalized spacial score (nSPS) is 26.9. The van der Waals surface area contributed by atoms with Crippen molar-refractivity contribution in [1.82, 2.24) is 0 Å². The Morgan fingerprint density at radius 3 is 2.79 bits per heavy atom. The summed E-state index contributed by atoms with van der Waals surface area (Å²) in [4.78, 5) is 23.0. The molecule has 1 aromatic carbocycles. The predicted molar refractivity (Wildman–Crippen MR) is 62.0 cm³/mol. The fraction of sp³-hybridized carbons (Fsp3) is 0.385. The Balaban J connectivity index is 1.92. The molecule has 19 heavy (non-hydrogen) atoms. The van der Waals surface area contributed by atoms with E-state index in [9.17, 15) is 14.7 Å². The predicted octanol–water partition coefficient (Wildman–Crippen LogP) is 1.15. The highest BCUT2D eigenvalue weighted by atomic mass is 16.7. The number of hydrogen-bond acceptors (Lipinski definition) is 5. The summed E-state index contributed by atoms with van der Waals surface area (Å²) in [5.41, 5.74) is -0.709. The zero-order valence-electron chi connectivity index (χ0n) is 10.2. The number of aliphatic carboxylic acids is 1. The Morgan fingerprint density at radius 2 is 2.11 bits per heavy atom. The largest absolute Gasteiger partial charge is 0.480 e. The first-order valence-electron chi connectivity index (χ1n) is 5.81. The number of carboxylic acid groups (broad SMARTS) is 1. The van der Waals surface area contributed by atoms with Gasteiger partial charge in [0.1, 0.15) is 0 Å². The zero-order valence-corrected chi connectivity index (χ0v) is 10.2. The monoisotopic (exact) mass is 264 g/mol. The first-order valence-corrected chi connectivity index (χ1v) is 5.81. The van der Waals surface area contributed by atoms with Gasteiger partial charge in [0.2, 0.25) is 6.79 Å². The molecule has 0 bridgehead atoms. The minimum Gasteiger partial charge on any atom is -0.480 e. The maximum Gasteiger partial charge on any atom is 0.323 e. The van der Waals surface area contributed by atoms with Crippen LogP contribution >= 0.6 is 0 Å². The standard InChI is InChI=1S/C13H12O6/c1-17-12(16)13(11(14)15)5-8(13)7-2-3-9-10(4-7)19-6-18-9/h2-4,8H,5-6H2,1H3,(H,14,15)/t8-,13-/m0/s1. The molecule has 2 atom stereocenters. The summed E-state index contributed by atoms with van der Waals surface area (Å²) >= 11 is 0. The van der Waals surface area contributed by atoms with Crippen molar-refractivity contribution >= 4 is 11.9 Å². The number of fused-ring (bicyclic) bond motifs is 1. The SMILES string of the molecule is COC(=O)[C@@]1(C(=O)O)C[C@H]1c1ccc2c(c1)OCO2. The molecule has 0 unspecified atom stereocenters. The second-order valence-corrected chi connectivity index (χ2v) is 4.64. The molecule has 0 saturated heterocycles. The molecule has 100 valence electrons. The van der Waals surface area contributed by atoms with Gasteiger partial charge in [-0.05, 0) is 24.1 Å². The minimum absolute atomic E-state index is 0.157. The van der Waals surface area contributed by atoms with Crippen molar-refractivity contribution in [3.05, 3.63) is 23.8 Å². The maximum absolute atomic E-state index is 11.7. The van der Waals surface area contributed by atoms with Crippen LogP contribution in [0.15, 0.2) is 18.2 Å². The summed E-state index contributed by atoms with van der Waals surface area (Å²) in [6.45, 7) is 0.157. The maximum atomic E-state index is 11.7. The van der Waals surface area contributed by atoms with Crippen LogP contribution in [0, 0.1) is 5.41 Å². The van der Waals surface area contributed by atoms with Crippen LogP contribution in [0.4, 0.5) is 0 Å². The van der Waals surface area contributed by atoms with E-state index in [0.29, 0.717) is 11.5 Å². The molecule has 2 aliphatic rings. The van der Waals surface area contributed by atoms with Crippen molar-refractivity contribution in [3.63, 3.8) is 0 Å². The molecule has 1 fully saturated rings. The highest BCUT2D eigenvalue weighted by Crippen LogP contribution is 2.61. The average Bonchev–Trinajstić information content (AvgIpc) is 3.01. The summed E-state index contributed by atoms with van der Waals surface area (Å²) in [6.07, 6.45) is 0.245. The molecule has 6 heteroatoms. The Bertz CT molecular complexity index is 566. The lowest BCUT2D eigenvalue weighted by molar-refractivity contribution is -0.159. The molecule has 1 aliphatic heterocycles. The third-order valence-corrected chi connectivity index (χ3v) is 3.69. The van der Waals surface area contributed by atoms with Gasteiger partial charge in [0.05, 0.1) is 7.11 Å². The van der Waals surface area contributed by atoms with Crippen LogP contribution in [0.1, 0.15) is 17.9 Å². The Hall–Kier alpha value is -2.24. The van der Waals surface area contributed by atoms with E-state index >= 15 is 0 Å². The van der Waals surface area contributed by atoms with E-state index in [1.807, 2.05) is 0 Å². The molecule has 1 aliphatic carbocycles. The molecule has 0 spiro atoms. The smallest absolute Gasteiger partial charge is 0.323 e. The van der Waals surface area contributed by atoms with Crippen LogP contribution in [0.3, 0.4) is 0 Å². The Kier molecular flexibility index (Phi) is 2.41. The highest BCUT2D eigenvalue weighted by Gasteiger charge is 2.68. The summed E-state index contributed by atoms with van der Waals surface area (Å²) in [5.74, 6) is -1.03. The minimum atomic E-state index is -1.46. The van der Waals surface area contributed by atoms with Crippen LogP contribution in [-0.4, -0.2) is 30.9 Å². The van der Waals surface area contributed by atoms with Crippen molar-refractivity contribution in [2.24, 2.45) is 5.41 Å². The van der Waals surface area contributed by atoms with Gasteiger partial charge in [-0.2, -0.15) is 0 Å². The second kappa shape index (κ2) is 3.88. The van der Waals surface area contributed by atoms with Crippen molar-refractivity contribution in [2.45, 2.75) is 12.3 Å². The third-order valence-electron chi connectivity index (χ3n) is 3.69. The quantitative estimate of drug-likeness (QED) is 0.651. The molecule has 1 saturated carbocycles. The van der Waals surface area contributed by atoms with E-state index in [-0.39, 0.29) is 19.1 Å². The highest BCUT2D eigenvalue weighted by molar-refractivity contribution is 6.04. The Morgan fingerprint density at radius 1 is 1.37 bits per heavy atom. The number of esters is 1. The number of carbonyl (C=O) groups is 2. The van der Waals surface area contributed by atoms with E-state index in [1.165, 1.54) is 7.11 Å². The fourth-order valence-electron chi connectivity index (χ4n) is 2.53. The summed E-state index contributed by atoms with van der Waals surface area (Å²) in [7, 11) is 1.20. The number of carboxylic acids is 1. The second-order valence-electron chi connectivity index (χ2n) is 4.64. The average molecular weight is 264 g/mol. The van der Waals surface area contributed by atoms with Gasteiger partial charge < -0.3 is 19.3 Å². The van der Waals surface area contributed by atoms with Crippen molar-refractivity contribution in [1.29, 1.82) is 0 Å². The van der Waals surface area contributed by atoms with Crippen LogP contribution < -0.4 is 9.47 Å². The molecule has 0 aromatic heterocycles. The number of ether oxygens (including phenoxy) is 3. The molecule has 1 aromatic rings. The molecular weight excluding hydrogens is 252 g/mol. The van der Waals surface area contributed by atoms with Crippen LogP contribution in [-0.2, 0) is 14.3 Å². The molecule has 1 N–H and O–H groups in total. The van der Waals surface area contributed by atoms with Crippen molar-refractivity contribution < 1.29 is 28.9 Å². The number of benzene rings is 1. The van der Waals surface area contributed by atoms with E-state index < -0.39 is 17.4 Å². The van der Waals surface area contributed by atoms with Crippen molar-refractivity contribution in [3.8, 4) is 11.5 Å². The van der Waals surface area contributed by atoms with E-state index in [1.54, 1.807) is 18.2 Å². The molecule has 6 nitrogen and oxygen atoms in total. The molecule has 1 heterocycles. The third kappa shape index (κ3) is 1.56. The van der Waals surface area contributed by atoms with Crippen molar-refractivity contribution in [2.75, 3.05) is 13.9 Å². The van der Waals surface area contributed by atoms with Gasteiger partial charge in [-0.1, -0.05) is 6.07 Å². The summed E-state index contributed by atoms with van der Waals surface area (Å²) in [5, 5.41) is 9.27. The number of hydrogen-bond donors (Lipinski definition) is 1. The zero-order chi connectivity index (χ0) is 13.6. The van der Waals surface area contributed by atoms with Crippen LogP contribution in [0.25, 0.3) is 0 Å². The number of carbonyl (C=O) groups excluding carboxylic acids is 1. The Labute approximate surface area is 108 Å². The molecular formula is C13H12O6. The van der Waals surface area contributed by atoms with Gasteiger partial charge in [-0.25, -0.2) is 0 Å². The van der Waals surface area contributed by atoms with E-state index in [0.717, 1.165) is 5.56 Å². The topological polar surface area (TPSA) is 82.1 Å². The summed E-state index contributed by atoms with van der Waals surface area (Å²) in [6, 6.07) is 5.20. The van der Waals surface area contributed by atoms with Crippen LogP contribution in [0.2, 0.25) is 0 Å². The van der Waals surface area contributed by atoms with Gasteiger partial charge in [0.15, 0.2) is 16.9 Å². The first kappa shape index (κ1) is 11.8.